The molecule has 0 bridgehead atoms. The topological polar surface area (TPSA) is 66.5 Å². The Morgan fingerprint density at radius 1 is 1.19 bits per heavy atom. The highest BCUT2D eigenvalue weighted by Crippen LogP contribution is 2.34. The van der Waals surface area contributed by atoms with Gasteiger partial charge in [-0.25, -0.2) is 4.79 Å². The van der Waals surface area contributed by atoms with Crippen LogP contribution in [0, 0.1) is 5.41 Å². The average Bonchev–Trinajstić information content (AvgIpc) is 2.36. The van der Waals surface area contributed by atoms with Gasteiger partial charge in [0, 0.05) is 10.0 Å². The number of nitrogens with zero attached hydrogens (tertiary/aromatic N) is 1. The van der Waals surface area contributed by atoms with Gasteiger partial charge in [-0.15, -0.1) is 0 Å². The molecule has 1 aromatic rings. The van der Waals surface area contributed by atoms with Crippen LogP contribution >= 0.6 is 23.2 Å². The van der Waals surface area contributed by atoms with E-state index in [0.29, 0.717) is 15.6 Å². The monoisotopic (exact) mass is 328 g/mol. The van der Waals surface area contributed by atoms with Gasteiger partial charge in [-0.1, -0.05) is 29.3 Å². The second kappa shape index (κ2) is 5.31. The van der Waals surface area contributed by atoms with E-state index in [1.54, 1.807) is 19.1 Å². The number of imide groups is 2. The van der Waals surface area contributed by atoms with Crippen molar-refractivity contribution in [1.82, 2.24) is 10.2 Å². The SMILES string of the molecule is CC(c1ccc(Cl)cc1Cl)N1C(=O)NC(=O)C(C)(C)C1=O. The second-order valence-corrected chi connectivity index (χ2v) is 6.24. The van der Waals surface area contributed by atoms with Gasteiger partial charge in [-0.3, -0.25) is 19.8 Å². The Morgan fingerprint density at radius 3 is 2.38 bits per heavy atom. The lowest BCUT2D eigenvalue weighted by molar-refractivity contribution is -0.150. The van der Waals surface area contributed by atoms with E-state index in [0.717, 1.165) is 4.90 Å². The van der Waals surface area contributed by atoms with Gasteiger partial charge >= 0.3 is 6.03 Å². The standard InChI is InChI=1S/C14H14Cl2N2O3/c1-7(9-5-4-8(15)6-10(9)16)18-12(20)14(2,3)11(19)17-13(18)21/h4-7H,1-3H3,(H,17,19,21). The van der Waals surface area contributed by atoms with E-state index in [1.165, 1.54) is 19.9 Å². The molecule has 1 fully saturated rings. The van der Waals surface area contributed by atoms with Crippen LogP contribution in [0.25, 0.3) is 0 Å². The van der Waals surface area contributed by atoms with Crippen LogP contribution in [0.4, 0.5) is 4.79 Å². The minimum absolute atomic E-state index is 0.352. The molecule has 21 heavy (non-hydrogen) atoms. The number of benzene rings is 1. The quantitative estimate of drug-likeness (QED) is 0.848. The van der Waals surface area contributed by atoms with Crippen LogP contribution in [0.3, 0.4) is 0 Å². The summed E-state index contributed by atoms with van der Waals surface area (Å²) < 4.78 is 0. The molecule has 0 saturated carbocycles. The maximum atomic E-state index is 12.4. The molecule has 1 aromatic carbocycles. The zero-order chi connectivity index (χ0) is 15.9. The summed E-state index contributed by atoms with van der Waals surface area (Å²) in [5, 5.41) is 3.00. The first-order valence-corrected chi connectivity index (χ1v) is 7.06. The molecule has 0 radical (unpaired) electrons. The van der Waals surface area contributed by atoms with Crippen LogP contribution in [-0.4, -0.2) is 22.7 Å². The Labute approximate surface area is 132 Å². The highest BCUT2D eigenvalue weighted by molar-refractivity contribution is 6.35. The normalized spacial score (nSPS) is 19.5. The van der Waals surface area contributed by atoms with E-state index in [-0.39, 0.29) is 0 Å². The highest BCUT2D eigenvalue weighted by Gasteiger charge is 2.48. The molecule has 0 aromatic heterocycles. The largest absolute Gasteiger partial charge is 0.331 e. The second-order valence-electron chi connectivity index (χ2n) is 5.40. The molecule has 1 unspecified atom stereocenters. The van der Waals surface area contributed by atoms with Crippen molar-refractivity contribution in [3.05, 3.63) is 33.8 Å². The van der Waals surface area contributed by atoms with Crippen molar-refractivity contribution in [2.45, 2.75) is 26.8 Å². The number of carbonyl (C=O) groups excluding carboxylic acids is 3. The molecule has 5 nitrogen and oxygen atoms in total. The average molecular weight is 329 g/mol. The Morgan fingerprint density at radius 2 is 1.81 bits per heavy atom. The number of halogens is 2. The lowest BCUT2D eigenvalue weighted by atomic mass is 9.87. The van der Waals surface area contributed by atoms with Gasteiger partial charge in [0.1, 0.15) is 5.41 Å². The smallest absolute Gasteiger partial charge is 0.277 e. The minimum atomic E-state index is -1.30. The number of hydrogen-bond acceptors (Lipinski definition) is 3. The van der Waals surface area contributed by atoms with Gasteiger partial charge in [-0.2, -0.15) is 0 Å². The van der Waals surface area contributed by atoms with Gasteiger partial charge in [0.2, 0.25) is 11.8 Å². The fourth-order valence-electron chi connectivity index (χ4n) is 2.14. The van der Waals surface area contributed by atoms with Gasteiger partial charge < -0.3 is 0 Å². The number of barbiturate groups is 1. The zero-order valence-electron chi connectivity index (χ0n) is 11.7. The van der Waals surface area contributed by atoms with Gasteiger partial charge in [0.05, 0.1) is 6.04 Å². The van der Waals surface area contributed by atoms with Crippen molar-refractivity contribution in [1.29, 1.82) is 0 Å². The van der Waals surface area contributed by atoms with E-state index in [9.17, 15) is 14.4 Å². The van der Waals surface area contributed by atoms with Gasteiger partial charge in [-0.05, 0) is 38.5 Å². The van der Waals surface area contributed by atoms with Crippen molar-refractivity contribution in [2.75, 3.05) is 0 Å². The first kappa shape index (κ1) is 15.8. The number of urea groups is 1. The number of amides is 4. The molecule has 1 N–H and O–H groups in total. The van der Waals surface area contributed by atoms with E-state index >= 15 is 0 Å². The molecule has 1 aliphatic heterocycles. The van der Waals surface area contributed by atoms with Crippen molar-refractivity contribution in [3.8, 4) is 0 Å². The number of rotatable bonds is 2. The van der Waals surface area contributed by atoms with E-state index in [1.807, 2.05) is 0 Å². The van der Waals surface area contributed by atoms with E-state index in [4.69, 9.17) is 23.2 Å². The van der Waals surface area contributed by atoms with Crippen LogP contribution in [0.5, 0.6) is 0 Å². The summed E-state index contributed by atoms with van der Waals surface area (Å²) in [6.07, 6.45) is 0. The first-order valence-electron chi connectivity index (χ1n) is 6.30. The molecule has 112 valence electrons. The molecule has 1 heterocycles. The van der Waals surface area contributed by atoms with Gasteiger partial charge in [0.15, 0.2) is 0 Å². The highest BCUT2D eigenvalue weighted by atomic mass is 35.5. The summed E-state index contributed by atoms with van der Waals surface area (Å²) in [7, 11) is 0. The zero-order valence-corrected chi connectivity index (χ0v) is 13.2. The predicted molar refractivity (Wildman–Crippen MR) is 79.0 cm³/mol. The first-order chi connectivity index (χ1) is 9.66. The summed E-state index contributed by atoms with van der Waals surface area (Å²) in [6.45, 7) is 4.61. The predicted octanol–water partition coefficient (Wildman–Crippen LogP) is 3.16. The Balaban J connectivity index is 2.42. The summed E-state index contributed by atoms with van der Waals surface area (Å²) in [5.41, 5.74) is -0.726. The molecule has 2 rings (SSSR count). The third kappa shape index (κ3) is 2.63. The van der Waals surface area contributed by atoms with E-state index < -0.39 is 29.3 Å². The lowest BCUT2D eigenvalue weighted by Crippen LogP contribution is -2.62. The van der Waals surface area contributed by atoms with Crippen molar-refractivity contribution >= 4 is 41.0 Å². The third-order valence-electron chi connectivity index (χ3n) is 3.56. The van der Waals surface area contributed by atoms with Crippen molar-refractivity contribution in [3.63, 3.8) is 0 Å². The van der Waals surface area contributed by atoms with Crippen LogP contribution in [0.2, 0.25) is 10.0 Å². The van der Waals surface area contributed by atoms with Crippen molar-refractivity contribution in [2.24, 2.45) is 5.41 Å². The number of carbonyl (C=O) groups is 3. The minimum Gasteiger partial charge on any atom is -0.277 e. The Bertz CT molecular complexity index is 643. The fourth-order valence-corrected chi connectivity index (χ4v) is 2.70. The maximum Gasteiger partial charge on any atom is 0.331 e. The van der Waals surface area contributed by atoms with Crippen molar-refractivity contribution < 1.29 is 14.4 Å². The molecule has 1 aliphatic rings. The van der Waals surface area contributed by atoms with Crippen LogP contribution in [-0.2, 0) is 9.59 Å². The molecule has 0 spiro atoms. The molecule has 1 atom stereocenters. The van der Waals surface area contributed by atoms with Crippen LogP contribution in [0.15, 0.2) is 18.2 Å². The molecular formula is C14H14Cl2N2O3. The molecule has 4 amide bonds. The summed E-state index contributed by atoms with van der Waals surface area (Å²) >= 11 is 12.0. The molecular weight excluding hydrogens is 315 g/mol. The van der Waals surface area contributed by atoms with Crippen LogP contribution in [0.1, 0.15) is 32.4 Å². The summed E-state index contributed by atoms with van der Waals surface area (Å²) in [6, 6.07) is 3.45. The summed E-state index contributed by atoms with van der Waals surface area (Å²) in [5.74, 6) is -1.17. The fraction of sp³-hybridized carbons (Fsp3) is 0.357. The van der Waals surface area contributed by atoms with Crippen LogP contribution < -0.4 is 5.32 Å². The lowest BCUT2D eigenvalue weighted by Gasteiger charge is -2.38. The van der Waals surface area contributed by atoms with E-state index in [2.05, 4.69) is 5.32 Å². The molecule has 0 aliphatic carbocycles. The molecule has 7 heteroatoms. The number of nitrogens with one attached hydrogen (secondary N) is 1. The third-order valence-corrected chi connectivity index (χ3v) is 4.12. The Kier molecular flexibility index (Phi) is 4.00. The Hall–Kier alpha value is -1.59. The summed E-state index contributed by atoms with van der Waals surface area (Å²) in [4.78, 5) is 37.2. The maximum absolute atomic E-state index is 12.4. The number of hydrogen-bond donors (Lipinski definition) is 1. The van der Waals surface area contributed by atoms with Gasteiger partial charge in [0.25, 0.3) is 0 Å². The molecule has 1 saturated heterocycles.